The molecule has 8 heteroatoms. The summed E-state index contributed by atoms with van der Waals surface area (Å²) in [6, 6.07) is 4.24. The minimum atomic E-state index is -4.82. The van der Waals surface area contributed by atoms with Crippen molar-refractivity contribution >= 4 is 20.2 Å². The normalized spacial score (nSPS) is 16.6. The van der Waals surface area contributed by atoms with E-state index < -0.39 is 25.1 Å². The second-order valence-electron chi connectivity index (χ2n) is 5.61. The maximum absolute atomic E-state index is 12.8. The molecule has 0 bridgehead atoms. The lowest BCUT2D eigenvalue weighted by Gasteiger charge is -2.23. The molecule has 1 saturated carbocycles. The molecule has 0 aliphatic heterocycles. The van der Waals surface area contributed by atoms with Crippen LogP contribution in [0.1, 0.15) is 26.7 Å². The van der Waals surface area contributed by atoms with E-state index in [0.717, 1.165) is 37.1 Å². The van der Waals surface area contributed by atoms with Crippen LogP contribution in [0.2, 0.25) is 0 Å². The van der Waals surface area contributed by atoms with Crippen molar-refractivity contribution in [2.24, 2.45) is 5.92 Å². The van der Waals surface area contributed by atoms with Crippen LogP contribution in [0.15, 0.2) is 34.1 Å². The number of halogens is 1. The highest BCUT2D eigenvalue weighted by molar-refractivity contribution is 7.89. The number of hydrogen-bond donors (Lipinski definition) is 0. The number of rotatable bonds is 6. The summed E-state index contributed by atoms with van der Waals surface area (Å²) in [6.07, 6.45) is 1.67. The SMILES string of the molecule is CC(C)CN(C1CC1)S(=O)(=O)c1ccc(S(=O)(=O)F)cc1. The lowest BCUT2D eigenvalue weighted by atomic mass is 10.2. The van der Waals surface area contributed by atoms with E-state index in [4.69, 9.17) is 0 Å². The maximum atomic E-state index is 12.8. The second kappa shape index (κ2) is 5.66. The van der Waals surface area contributed by atoms with E-state index in [0.29, 0.717) is 6.54 Å². The predicted octanol–water partition coefficient (Wildman–Crippen LogP) is 2.15. The van der Waals surface area contributed by atoms with Gasteiger partial charge >= 0.3 is 10.2 Å². The predicted molar refractivity (Wildman–Crippen MR) is 76.5 cm³/mol. The largest absolute Gasteiger partial charge is 0.332 e. The molecule has 21 heavy (non-hydrogen) atoms. The Balaban J connectivity index is 2.34. The van der Waals surface area contributed by atoms with E-state index in [1.165, 1.54) is 4.31 Å². The van der Waals surface area contributed by atoms with E-state index in [-0.39, 0.29) is 16.9 Å². The zero-order valence-corrected chi connectivity index (χ0v) is 13.5. The Morgan fingerprint density at radius 1 is 1.10 bits per heavy atom. The van der Waals surface area contributed by atoms with Gasteiger partial charge in [-0.2, -0.15) is 12.7 Å². The minimum absolute atomic E-state index is 0.0116. The van der Waals surface area contributed by atoms with Crippen molar-refractivity contribution in [3.8, 4) is 0 Å². The lowest BCUT2D eigenvalue weighted by Crippen LogP contribution is -2.36. The van der Waals surface area contributed by atoms with Crippen LogP contribution in [0.3, 0.4) is 0 Å². The highest BCUT2D eigenvalue weighted by atomic mass is 32.3. The molecule has 1 aromatic rings. The summed E-state index contributed by atoms with van der Waals surface area (Å²) in [5, 5.41) is 0. The van der Waals surface area contributed by atoms with Crippen LogP contribution >= 0.6 is 0 Å². The Morgan fingerprint density at radius 3 is 1.95 bits per heavy atom. The van der Waals surface area contributed by atoms with Crippen LogP contribution in [0.25, 0.3) is 0 Å². The Labute approximate surface area is 125 Å². The molecule has 0 heterocycles. The van der Waals surface area contributed by atoms with Crippen molar-refractivity contribution in [2.45, 2.75) is 42.5 Å². The lowest BCUT2D eigenvalue weighted by molar-refractivity contribution is 0.360. The molecular formula is C13H18FNO4S2. The topological polar surface area (TPSA) is 71.5 Å². The van der Waals surface area contributed by atoms with E-state index in [9.17, 15) is 20.7 Å². The molecule has 118 valence electrons. The number of hydrogen-bond acceptors (Lipinski definition) is 4. The molecule has 1 aliphatic carbocycles. The smallest absolute Gasteiger partial charge is 0.207 e. The van der Waals surface area contributed by atoms with Gasteiger partial charge in [-0.15, -0.1) is 3.89 Å². The monoisotopic (exact) mass is 335 g/mol. The first-order valence-electron chi connectivity index (χ1n) is 6.69. The minimum Gasteiger partial charge on any atom is -0.207 e. The first-order valence-corrected chi connectivity index (χ1v) is 9.51. The molecule has 0 aromatic heterocycles. The van der Waals surface area contributed by atoms with Crippen molar-refractivity contribution < 1.29 is 20.7 Å². The van der Waals surface area contributed by atoms with Crippen molar-refractivity contribution in [3.05, 3.63) is 24.3 Å². The quantitative estimate of drug-likeness (QED) is 0.747. The van der Waals surface area contributed by atoms with Gasteiger partial charge in [-0.05, 0) is 43.0 Å². The second-order valence-corrected chi connectivity index (χ2v) is 8.85. The van der Waals surface area contributed by atoms with Gasteiger partial charge in [-0.3, -0.25) is 0 Å². The van der Waals surface area contributed by atoms with Crippen molar-refractivity contribution in [1.29, 1.82) is 0 Å². The van der Waals surface area contributed by atoms with Gasteiger partial charge in [0.25, 0.3) is 0 Å². The van der Waals surface area contributed by atoms with Crippen molar-refractivity contribution in [2.75, 3.05) is 6.54 Å². The Morgan fingerprint density at radius 2 is 1.57 bits per heavy atom. The molecule has 2 rings (SSSR count). The zero-order chi connectivity index (χ0) is 15.8. The molecule has 0 amide bonds. The van der Waals surface area contributed by atoms with E-state index in [1.807, 2.05) is 13.8 Å². The highest BCUT2D eigenvalue weighted by Crippen LogP contribution is 2.33. The Hall–Kier alpha value is -0.990. The third kappa shape index (κ3) is 3.81. The molecule has 0 spiro atoms. The van der Waals surface area contributed by atoms with Crippen LogP contribution in [-0.4, -0.2) is 33.7 Å². The maximum Gasteiger partial charge on any atom is 0.332 e. The average molecular weight is 335 g/mol. The van der Waals surface area contributed by atoms with Crippen LogP contribution in [0.4, 0.5) is 3.89 Å². The van der Waals surface area contributed by atoms with Gasteiger partial charge in [-0.25, -0.2) is 8.42 Å². The molecule has 0 atom stereocenters. The Bertz CT molecular complexity index is 707. The van der Waals surface area contributed by atoms with Crippen LogP contribution in [-0.2, 0) is 20.2 Å². The van der Waals surface area contributed by atoms with Gasteiger partial charge in [0.2, 0.25) is 10.0 Å². The molecular weight excluding hydrogens is 317 g/mol. The van der Waals surface area contributed by atoms with E-state index >= 15 is 0 Å². The third-order valence-corrected chi connectivity index (χ3v) is 5.98. The molecule has 0 radical (unpaired) electrons. The van der Waals surface area contributed by atoms with Gasteiger partial charge in [0.1, 0.15) is 0 Å². The van der Waals surface area contributed by atoms with Gasteiger partial charge in [0.15, 0.2) is 0 Å². The molecule has 1 fully saturated rings. The van der Waals surface area contributed by atoms with E-state index in [2.05, 4.69) is 0 Å². The standard InChI is InChI=1S/C13H18FNO4S2/c1-10(2)9-15(11-3-4-11)21(18,19)13-7-5-12(6-8-13)20(14,16)17/h5-8,10-11H,3-4,9H2,1-2H3. The molecule has 0 N–H and O–H groups in total. The number of nitrogens with zero attached hydrogens (tertiary/aromatic N) is 1. The van der Waals surface area contributed by atoms with Gasteiger partial charge in [0, 0.05) is 12.6 Å². The van der Waals surface area contributed by atoms with Crippen LogP contribution in [0, 0.1) is 5.92 Å². The fourth-order valence-electron chi connectivity index (χ4n) is 2.08. The highest BCUT2D eigenvalue weighted by Gasteiger charge is 2.38. The summed E-state index contributed by atoms with van der Waals surface area (Å²) in [4.78, 5) is -0.550. The summed E-state index contributed by atoms with van der Waals surface area (Å²) in [6.45, 7) is 4.28. The third-order valence-electron chi connectivity index (χ3n) is 3.21. The first kappa shape index (κ1) is 16.4. The zero-order valence-electron chi connectivity index (χ0n) is 11.9. The summed E-state index contributed by atoms with van der Waals surface area (Å²) in [7, 11) is -8.50. The summed E-state index contributed by atoms with van der Waals surface area (Å²) < 4.78 is 61.0. The molecule has 1 aliphatic rings. The molecule has 1 aromatic carbocycles. The summed E-state index contributed by atoms with van der Waals surface area (Å²) >= 11 is 0. The Kier molecular flexibility index (Phi) is 4.41. The number of benzene rings is 1. The summed E-state index contributed by atoms with van der Waals surface area (Å²) in [5.41, 5.74) is 0. The van der Waals surface area contributed by atoms with Crippen molar-refractivity contribution in [3.63, 3.8) is 0 Å². The average Bonchev–Trinajstić information content (AvgIpc) is 3.19. The number of sulfonamides is 1. The van der Waals surface area contributed by atoms with E-state index in [1.54, 1.807) is 0 Å². The van der Waals surface area contributed by atoms with Crippen LogP contribution in [0.5, 0.6) is 0 Å². The van der Waals surface area contributed by atoms with Crippen LogP contribution < -0.4 is 0 Å². The fraction of sp³-hybridized carbons (Fsp3) is 0.538. The van der Waals surface area contributed by atoms with Gasteiger partial charge in [-0.1, -0.05) is 13.8 Å². The molecule has 0 unspecified atom stereocenters. The molecule has 5 nitrogen and oxygen atoms in total. The fourth-order valence-corrected chi connectivity index (χ4v) is 4.39. The first-order chi connectivity index (χ1) is 9.62. The summed E-state index contributed by atoms with van der Waals surface area (Å²) in [5.74, 6) is 0.186. The van der Waals surface area contributed by atoms with Gasteiger partial charge < -0.3 is 0 Å². The van der Waals surface area contributed by atoms with Crippen molar-refractivity contribution in [1.82, 2.24) is 4.31 Å². The van der Waals surface area contributed by atoms with Gasteiger partial charge in [0.05, 0.1) is 9.79 Å². The molecule has 0 saturated heterocycles.